The Balaban J connectivity index is 1.55. The Morgan fingerprint density at radius 2 is 2.17 bits per heavy atom. The van der Waals surface area contributed by atoms with Crippen molar-refractivity contribution < 1.29 is 19.4 Å². The molecule has 1 amide bonds. The third-order valence-electron chi connectivity index (χ3n) is 5.12. The normalized spacial score (nSPS) is 34.0. The molecule has 3 aliphatic heterocycles. The SMILES string of the molecule is C/C(=C/c1ccccc1)CN1CC23C=CC(O2)C(C(=O)O)C3C1=O. The maximum atomic E-state index is 12.8. The average Bonchev–Trinajstić information content (AvgIpc) is 3.17. The highest BCUT2D eigenvalue weighted by Gasteiger charge is 2.66. The predicted octanol–water partition coefficient (Wildman–Crippen LogP) is 1.96. The lowest BCUT2D eigenvalue weighted by atomic mass is 9.77. The fourth-order valence-electron chi connectivity index (χ4n) is 4.17. The number of benzene rings is 1. The van der Waals surface area contributed by atoms with Crippen molar-refractivity contribution in [3.05, 3.63) is 53.6 Å². The largest absolute Gasteiger partial charge is 0.481 e. The van der Waals surface area contributed by atoms with E-state index in [1.165, 1.54) is 0 Å². The Labute approximate surface area is 140 Å². The predicted molar refractivity (Wildman–Crippen MR) is 88.0 cm³/mol. The van der Waals surface area contributed by atoms with E-state index < -0.39 is 29.5 Å². The van der Waals surface area contributed by atoms with E-state index >= 15 is 0 Å². The summed E-state index contributed by atoms with van der Waals surface area (Å²) in [7, 11) is 0. The zero-order chi connectivity index (χ0) is 16.9. The summed E-state index contributed by atoms with van der Waals surface area (Å²) in [5, 5.41) is 9.46. The van der Waals surface area contributed by atoms with Gasteiger partial charge in [-0.3, -0.25) is 9.59 Å². The number of rotatable bonds is 4. The van der Waals surface area contributed by atoms with E-state index in [0.717, 1.165) is 11.1 Å². The van der Waals surface area contributed by atoms with Crippen LogP contribution >= 0.6 is 0 Å². The van der Waals surface area contributed by atoms with Crippen LogP contribution in [0.25, 0.3) is 6.08 Å². The van der Waals surface area contributed by atoms with Crippen molar-refractivity contribution in [3.8, 4) is 0 Å². The molecule has 1 spiro atoms. The Kier molecular flexibility index (Phi) is 3.35. The van der Waals surface area contributed by atoms with E-state index in [4.69, 9.17) is 4.74 Å². The molecule has 0 aliphatic carbocycles. The number of carboxylic acid groups (broad SMARTS) is 1. The summed E-state index contributed by atoms with van der Waals surface area (Å²) in [6.07, 6.45) is 5.25. The van der Waals surface area contributed by atoms with E-state index in [1.54, 1.807) is 11.0 Å². The monoisotopic (exact) mass is 325 g/mol. The first-order valence-corrected chi connectivity index (χ1v) is 8.11. The molecule has 0 radical (unpaired) electrons. The van der Waals surface area contributed by atoms with Crippen molar-refractivity contribution in [2.45, 2.75) is 18.6 Å². The van der Waals surface area contributed by atoms with Gasteiger partial charge in [-0.25, -0.2) is 0 Å². The minimum Gasteiger partial charge on any atom is -0.481 e. The minimum atomic E-state index is -0.956. The number of aliphatic carboxylic acids is 1. The van der Waals surface area contributed by atoms with Gasteiger partial charge in [-0.15, -0.1) is 0 Å². The van der Waals surface area contributed by atoms with Gasteiger partial charge in [-0.2, -0.15) is 0 Å². The van der Waals surface area contributed by atoms with Crippen molar-refractivity contribution in [2.24, 2.45) is 11.8 Å². The second-order valence-electron chi connectivity index (χ2n) is 6.83. The van der Waals surface area contributed by atoms with Gasteiger partial charge in [0.15, 0.2) is 0 Å². The van der Waals surface area contributed by atoms with Crippen molar-refractivity contribution in [2.75, 3.05) is 13.1 Å². The summed E-state index contributed by atoms with van der Waals surface area (Å²) < 4.78 is 5.88. The lowest BCUT2D eigenvalue weighted by Crippen LogP contribution is -2.39. The molecule has 0 saturated carbocycles. The Bertz CT molecular complexity index is 754. The molecular formula is C19H19NO4. The molecule has 1 N–H and O–H groups in total. The number of amides is 1. The van der Waals surface area contributed by atoms with Gasteiger partial charge in [-0.1, -0.05) is 54.1 Å². The number of likely N-dealkylation sites (tertiary alicyclic amines) is 1. The summed E-state index contributed by atoms with van der Waals surface area (Å²) in [5.74, 6) is -2.45. The third kappa shape index (κ3) is 2.19. The molecule has 124 valence electrons. The number of carbonyl (C=O) groups is 2. The highest BCUT2D eigenvalue weighted by Crippen LogP contribution is 2.51. The topological polar surface area (TPSA) is 66.8 Å². The molecule has 24 heavy (non-hydrogen) atoms. The van der Waals surface area contributed by atoms with Gasteiger partial charge < -0.3 is 14.7 Å². The Morgan fingerprint density at radius 3 is 2.88 bits per heavy atom. The molecule has 1 aromatic rings. The van der Waals surface area contributed by atoms with Crippen LogP contribution in [0.15, 0.2) is 48.1 Å². The molecule has 2 bridgehead atoms. The van der Waals surface area contributed by atoms with Crippen LogP contribution in [0.1, 0.15) is 12.5 Å². The van der Waals surface area contributed by atoms with E-state index in [2.05, 4.69) is 0 Å². The first-order chi connectivity index (χ1) is 11.5. The van der Waals surface area contributed by atoms with E-state index in [9.17, 15) is 14.7 Å². The van der Waals surface area contributed by atoms with Crippen molar-refractivity contribution in [3.63, 3.8) is 0 Å². The molecule has 2 saturated heterocycles. The van der Waals surface area contributed by atoms with Crippen LogP contribution in [0.2, 0.25) is 0 Å². The fraction of sp³-hybridized carbons (Fsp3) is 0.368. The van der Waals surface area contributed by atoms with Crippen molar-refractivity contribution in [1.82, 2.24) is 4.90 Å². The summed E-state index contributed by atoms with van der Waals surface area (Å²) in [6.45, 7) is 2.89. The van der Waals surface area contributed by atoms with Crippen molar-refractivity contribution in [1.29, 1.82) is 0 Å². The minimum absolute atomic E-state index is 0.116. The van der Waals surface area contributed by atoms with Gasteiger partial charge in [-0.05, 0) is 12.5 Å². The van der Waals surface area contributed by atoms with Gasteiger partial charge in [0.05, 0.1) is 18.6 Å². The molecule has 5 heteroatoms. The maximum absolute atomic E-state index is 12.8. The van der Waals surface area contributed by atoms with Crippen LogP contribution in [0.3, 0.4) is 0 Å². The molecule has 3 aliphatic rings. The molecule has 2 fully saturated rings. The summed E-state index contributed by atoms with van der Waals surface area (Å²) in [4.78, 5) is 26.1. The average molecular weight is 325 g/mol. The van der Waals surface area contributed by atoms with E-state index in [0.29, 0.717) is 13.1 Å². The lowest BCUT2D eigenvalue weighted by molar-refractivity contribution is -0.147. The van der Waals surface area contributed by atoms with Crippen LogP contribution in [0.4, 0.5) is 0 Å². The first-order valence-electron chi connectivity index (χ1n) is 8.11. The van der Waals surface area contributed by atoms with Gasteiger partial charge in [0.25, 0.3) is 0 Å². The highest BCUT2D eigenvalue weighted by molar-refractivity contribution is 5.91. The summed E-state index contributed by atoms with van der Waals surface area (Å²) in [5.41, 5.74) is 1.38. The van der Waals surface area contributed by atoms with Gasteiger partial charge in [0, 0.05) is 6.54 Å². The Morgan fingerprint density at radius 1 is 1.42 bits per heavy atom. The molecular weight excluding hydrogens is 306 g/mol. The van der Waals surface area contributed by atoms with E-state index in [1.807, 2.05) is 49.4 Å². The zero-order valence-electron chi connectivity index (χ0n) is 13.4. The number of fused-ring (bicyclic) bond motifs is 1. The van der Waals surface area contributed by atoms with Crippen molar-refractivity contribution >= 4 is 18.0 Å². The summed E-state index contributed by atoms with van der Waals surface area (Å²) >= 11 is 0. The number of carboxylic acids is 1. The number of carbonyl (C=O) groups excluding carboxylic acids is 1. The molecule has 4 atom stereocenters. The second-order valence-corrected chi connectivity index (χ2v) is 6.83. The molecule has 1 aromatic carbocycles. The number of hydrogen-bond acceptors (Lipinski definition) is 3. The van der Waals surface area contributed by atoms with Crippen LogP contribution in [-0.4, -0.2) is 46.7 Å². The van der Waals surface area contributed by atoms with E-state index in [-0.39, 0.29) is 5.91 Å². The summed E-state index contributed by atoms with van der Waals surface area (Å²) in [6, 6.07) is 9.92. The molecule has 0 aromatic heterocycles. The van der Waals surface area contributed by atoms with Crippen LogP contribution < -0.4 is 0 Å². The van der Waals surface area contributed by atoms with Crippen LogP contribution in [0, 0.1) is 11.8 Å². The standard InChI is InChI=1S/C19H19NO4/c1-12(9-13-5-3-2-4-6-13)10-20-11-19-8-7-14(24-19)15(18(22)23)16(19)17(20)21/h2-9,14-16H,10-11H2,1H3,(H,22,23)/b12-9-. The zero-order valence-corrected chi connectivity index (χ0v) is 13.4. The smallest absolute Gasteiger partial charge is 0.310 e. The molecule has 4 unspecified atom stereocenters. The first kappa shape index (κ1) is 15.1. The fourth-order valence-corrected chi connectivity index (χ4v) is 4.17. The van der Waals surface area contributed by atoms with Crippen LogP contribution in [-0.2, 0) is 14.3 Å². The molecule has 3 heterocycles. The number of hydrogen-bond donors (Lipinski definition) is 1. The quantitative estimate of drug-likeness (QED) is 0.859. The number of ether oxygens (including phenoxy) is 1. The highest BCUT2D eigenvalue weighted by atomic mass is 16.5. The molecule has 5 nitrogen and oxygen atoms in total. The van der Waals surface area contributed by atoms with Crippen LogP contribution in [0.5, 0.6) is 0 Å². The van der Waals surface area contributed by atoms with Gasteiger partial charge in [0.2, 0.25) is 5.91 Å². The molecule has 4 rings (SSSR count). The third-order valence-corrected chi connectivity index (χ3v) is 5.12. The van der Waals surface area contributed by atoms with Gasteiger partial charge in [0.1, 0.15) is 11.5 Å². The second kappa shape index (κ2) is 5.31. The lowest BCUT2D eigenvalue weighted by Gasteiger charge is -2.21. The van der Waals surface area contributed by atoms with Gasteiger partial charge >= 0.3 is 5.97 Å². The number of nitrogens with zero attached hydrogens (tertiary/aromatic N) is 1. The maximum Gasteiger partial charge on any atom is 0.310 e. The Hall–Kier alpha value is -2.40.